The van der Waals surface area contributed by atoms with Gasteiger partial charge in [0.05, 0.1) is 18.5 Å². The Morgan fingerprint density at radius 2 is 2.14 bits per heavy atom. The quantitative estimate of drug-likeness (QED) is 0.804. The van der Waals surface area contributed by atoms with Crippen molar-refractivity contribution < 1.29 is 9.53 Å². The van der Waals surface area contributed by atoms with Gasteiger partial charge in [0.25, 0.3) is 5.91 Å². The molecule has 112 valence electrons. The lowest BCUT2D eigenvalue weighted by atomic mass is 10.2. The lowest BCUT2D eigenvalue weighted by Crippen LogP contribution is -2.13. The molecule has 0 radical (unpaired) electrons. The van der Waals surface area contributed by atoms with Crippen molar-refractivity contribution in [2.75, 3.05) is 12.4 Å². The van der Waals surface area contributed by atoms with Crippen LogP contribution in [0.15, 0.2) is 42.7 Å². The number of pyridine rings is 1. The van der Waals surface area contributed by atoms with Gasteiger partial charge in [0, 0.05) is 23.0 Å². The maximum atomic E-state index is 12.4. The maximum absolute atomic E-state index is 12.4. The van der Waals surface area contributed by atoms with Gasteiger partial charge >= 0.3 is 0 Å². The van der Waals surface area contributed by atoms with Gasteiger partial charge in [-0.1, -0.05) is 11.6 Å². The van der Waals surface area contributed by atoms with Crippen LogP contribution in [0.1, 0.15) is 16.1 Å². The van der Waals surface area contributed by atoms with E-state index in [2.05, 4.69) is 10.3 Å². The zero-order chi connectivity index (χ0) is 15.7. The number of rotatable bonds is 3. The average Bonchev–Trinajstić information content (AvgIpc) is 2.86. The molecule has 1 N–H and O–H groups in total. The lowest BCUT2D eigenvalue weighted by molar-refractivity contribution is 0.102. The van der Waals surface area contributed by atoms with Gasteiger partial charge in [0.1, 0.15) is 11.4 Å². The largest absolute Gasteiger partial charge is 0.495 e. The Kier molecular flexibility index (Phi) is 3.73. The fourth-order valence-corrected chi connectivity index (χ4v) is 2.39. The molecule has 2 heterocycles. The Morgan fingerprint density at radius 3 is 2.91 bits per heavy atom. The Hall–Kier alpha value is -2.53. The van der Waals surface area contributed by atoms with Crippen molar-refractivity contribution in [3.05, 3.63) is 59.0 Å². The molecule has 0 spiro atoms. The zero-order valence-electron chi connectivity index (χ0n) is 12.1. The minimum absolute atomic E-state index is 0.247. The summed E-state index contributed by atoms with van der Waals surface area (Å²) in [6.45, 7) is 1.91. The molecule has 0 fully saturated rings. The van der Waals surface area contributed by atoms with Gasteiger partial charge in [-0.15, -0.1) is 0 Å². The lowest BCUT2D eigenvalue weighted by Gasteiger charge is -2.10. The predicted molar refractivity (Wildman–Crippen MR) is 85.9 cm³/mol. The molecule has 0 aliphatic heterocycles. The van der Waals surface area contributed by atoms with Crippen LogP contribution in [0.4, 0.5) is 5.69 Å². The van der Waals surface area contributed by atoms with Crippen molar-refractivity contribution in [3.63, 3.8) is 0 Å². The van der Waals surface area contributed by atoms with E-state index < -0.39 is 0 Å². The zero-order valence-corrected chi connectivity index (χ0v) is 12.9. The summed E-state index contributed by atoms with van der Waals surface area (Å²) in [6.07, 6.45) is 3.70. The van der Waals surface area contributed by atoms with Crippen LogP contribution in [0.2, 0.25) is 5.02 Å². The summed E-state index contributed by atoms with van der Waals surface area (Å²) in [5.74, 6) is 0.305. The van der Waals surface area contributed by atoms with Gasteiger partial charge in [0.2, 0.25) is 0 Å². The molecule has 0 atom stereocenters. The fourth-order valence-electron chi connectivity index (χ4n) is 2.22. The molecule has 0 bridgehead atoms. The minimum Gasteiger partial charge on any atom is -0.495 e. The molecule has 0 saturated carbocycles. The van der Waals surface area contributed by atoms with Gasteiger partial charge < -0.3 is 14.5 Å². The van der Waals surface area contributed by atoms with Gasteiger partial charge in [-0.25, -0.2) is 4.98 Å². The van der Waals surface area contributed by atoms with Crippen LogP contribution in [0.25, 0.3) is 5.65 Å². The topological polar surface area (TPSA) is 55.6 Å². The maximum Gasteiger partial charge on any atom is 0.255 e. The van der Waals surface area contributed by atoms with Gasteiger partial charge in [-0.2, -0.15) is 0 Å². The first-order valence-electron chi connectivity index (χ1n) is 6.67. The van der Waals surface area contributed by atoms with Crippen LogP contribution in [0, 0.1) is 6.92 Å². The van der Waals surface area contributed by atoms with Crippen molar-refractivity contribution in [1.29, 1.82) is 0 Å². The number of hydrogen-bond donors (Lipinski definition) is 1. The van der Waals surface area contributed by atoms with Gasteiger partial charge in [-0.05, 0) is 37.3 Å². The molecule has 0 saturated heterocycles. The number of aryl methyl sites for hydroxylation is 1. The predicted octanol–water partition coefficient (Wildman–Crippen LogP) is 3.56. The summed E-state index contributed by atoms with van der Waals surface area (Å²) in [5, 5.41) is 3.33. The SMILES string of the molecule is COc1ccc(Cl)cc1NC(=O)c1ccn2cc(C)nc2c1. The number of amides is 1. The summed E-state index contributed by atoms with van der Waals surface area (Å²) >= 11 is 5.96. The van der Waals surface area contributed by atoms with E-state index in [1.54, 1.807) is 36.5 Å². The molecule has 0 aliphatic rings. The standard InChI is InChI=1S/C16H14ClN3O2/c1-10-9-20-6-5-11(7-15(20)18-10)16(21)19-13-8-12(17)3-4-14(13)22-2/h3-9H,1-2H3,(H,19,21). The molecule has 1 aromatic carbocycles. The normalized spacial score (nSPS) is 10.7. The van der Waals surface area contributed by atoms with E-state index in [9.17, 15) is 4.79 Å². The molecule has 3 rings (SSSR count). The van der Waals surface area contributed by atoms with E-state index in [-0.39, 0.29) is 5.91 Å². The Balaban J connectivity index is 1.91. The highest BCUT2D eigenvalue weighted by atomic mass is 35.5. The molecular formula is C16H14ClN3O2. The summed E-state index contributed by atoms with van der Waals surface area (Å²) in [4.78, 5) is 16.7. The molecule has 3 aromatic rings. The van der Waals surface area contributed by atoms with Crippen molar-refractivity contribution in [2.24, 2.45) is 0 Å². The van der Waals surface area contributed by atoms with Gasteiger partial charge in [0.15, 0.2) is 0 Å². The molecule has 0 unspecified atom stereocenters. The molecule has 0 aliphatic carbocycles. The van der Waals surface area contributed by atoms with Crippen molar-refractivity contribution in [1.82, 2.24) is 9.38 Å². The monoisotopic (exact) mass is 315 g/mol. The number of nitrogens with zero attached hydrogens (tertiary/aromatic N) is 2. The van der Waals surface area contributed by atoms with E-state index in [1.165, 1.54) is 7.11 Å². The van der Waals surface area contributed by atoms with Crippen LogP contribution in [0.3, 0.4) is 0 Å². The Morgan fingerprint density at radius 1 is 1.32 bits per heavy atom. The highest BCUT2D eigenvalue weighted by Crippen LogP contribution is 2.28. The summed E-state index contributed by atoms with van der Waals surface area (Å²) in [6, 6.07) is 8.53. The number of fused-ring (bicyclic) bond motifs is 1. The number of nitrogens with one attached hydrogen (secondary N) is 1. The first-order valence-corrected chi connectivity index (χ1v) is 7.05. The third-order valence-corrected chi connectivity index (χ3v) is 3.49. The molecule has 5 nitrogen and oxygen atoms in total. The van der Waals surface area contributed by atoms with Crippen LogP contribution in [-0.2, 0) is 0 Å². The number of benzene rings is 1. The molecule has 6 heteroatoms. The van der Waals surface area contributed by atoms with Crippen LogP contribution in [0.5, 0.6) is 5.75 Å². The number of hydrogen-bond acceptors (Lipinski definition) is 3. The third kappa shape index (κ3) is 2.76. The van der Waals surface area contributed by atoms with E-state index in [1.807, 2.05) is 17.5 Å². The van der Waals surface area contributed by atoms with Gasteiger partial charge in [-0.3, -0.25) is 4.79 Å². The summed E-state index contributed by atoms with van der Waals surface area (Å²) in [7, 11) is 1.54. The van der Waals surface area contributed by atoms with E-state index in [4.69, 9.17) is 16.3 Å². The number of ether oxygens (including phenoxy) is 1. The van der Waals surface area contributed by atoms with E-state index in [0.29, 0.717) is 22.0 Å². The van der Waals surface area contributed by atoms with E-state index >= 15 is 0 Å². The highest BCUT2D eigenvalue weighted by Gasteiger charge is 2.11. The molecule has 2 aromatic heterocycles. The second kappa shape index (κ2) is 5.69. The highest BCUT2D eigenvalue weighted by molar-refractivity contribution is 6.31. The summed E-state index contributed by atoms with van der Waals surface area (Å²) in [5.41, 5.74) is 2.66. The number of imidazole rings is 1. The van der Waals surface area contributed by atoms with Crippen LogP contribution in [-0.4, -0.2) is 22.4 Å². The molecular weight excluding hydrogens is 302 g/mol. The Bertz CT molecular complexity index is 858. The minimum atomic E-state index is -0.247. The molecule has 1 amide bonds. The first-order chi connectivity index (χ1) is 10.6. The number of carbonyl (C=O) groups excluding carboxylic acids is 1. The number of methoxy groups -OCH3 is 1. The summed E-state index contributed by atoms with van der Waals surface area (Å²) < 4.78 is 7.09. The number of aromatic nitrogens is 2. The smallest absolute Gasteiger partial charge is 0.255 e. The number of anilines is 1. The molecule has 22 heavy (non-hydrogen) atoms. The number of carbonyl (C=O) groups is 1. The van der Waals surface area contributed by atoms with Crippen molar-refractivity contribution in [2.45, 2.75) is 6.92 Å². The second-order valence-electron chi connectivity index (χ2n) is 4.86. The van der Waals surface area contributed by atoms with Crippen LogP contribution < -0.4 is 10.1 Å². The van der Waals surface area contributed by atoms with E-state index in [0.717, 1.165) is 11.3 Å². The Labute approximate surface area is 132 Å². The second-order valence-corrected chi connectivity index (χ2v) is 5.30. The van der Waals surface area contributed by atoms with Crippen molar-refractivity contribution >= 4 is 28.8 Å². The third-order valence-electron chi connectivity index (χ3n) is 3.25. The average molecular weight is 316 g/mol. The first kappa shape index (κ1) is 14.4. The fraction of sp³-hybridized carbons (Fsp3) is 0.125. The van der Waals surface area contributed by atoms with Crippen molar-refractivity contribution in [3.8, 4) is 5.75 Å². The number of halogens is 1. The van der Waals surface area contributed by atoms with Crippen LogP contribution >= 0.6 is 11.6 Å².